The van der Waals surface area contributed by atoms with Crippen molar-refractivity contribution in [1.82, 2.24) is 0 Å². The van der Waals surface area contributed by atoms with Crippen LogP contribution in [-0.4, -0.2) is 20.8 Å². The molecule has 2 aromatic carbocycles. The average molecular weight is 201 g/mol. The quantitative estimate of drug-likeness (QED) is 0.717. The van der Waals surface area contributed by atoms with Gasteiger partial charge >= 0.3 is 0 Å². The molecule has 0 fully saturated rings. The van der Waals surface area contributed by atoms with E-state index in [1.54, 1.807) is 0 Å². The third-order valence-electron chi connectivity index (χ3n) is 2.42. The predicted octanol–water partition coefficient (Wildman–Crippen LogP) is 1.35. The van der Waals surface area contributed by atoms with E-state index in [4.69, 9.17) is 0 Å². The standard InChI is InChI=1S/C13H16N2/c1-15(2)10-14-13-9-5-7-11-6-3-4-8-12(11)13/h3-9,14H,10H2,1-2H3/p+1. The molecule has 0 radical (unpaired) electrons. The molecule has 2 N–H and O–H groups in total. The van der Waals surface area contributed by atoms with Crippen LogP contribution in [0.1, 0.15) is 0 Å². The van der Waals surface area contributed by atoms with Gasteiger partial charge in [0, 0.05) is 11.1 Å². The second kappa shape index (κ2) is 4.32. The Bertz CT molecular complexity index is 444. The van der Waals surface area contributed by atoms with Crippen LogP contribution in [0.15, 0.2) is 42.5 Å². The fourth-order valence-electron chi connectivity index (χ4n) is 1.65. The van der Waals surface area contributed by atoms with Crippen LogP contribution in [0.2, 0.25) is 0 Å². The zero-order valence-electron chi connectivity index (χ0n) is 9.25. The molecule has 2 heteroatoms. The van der Waals surface area contributed by atoms with Crippen LogP contribution >= 0.6 is 0 Å². The number of quaternary nitrogens is 1. The number of benzene rings is 2. The zero-order valence-corrected chi connectivity index (χ0v) is 9.25. The second-order valence-electron chi connectivity index (χ2n) is 4.09. The van der Waals surface area contributed by atoms with Gasteiger partial charge in [-0.3, -0.25) is 0 Å². The lowest BCUT2D eigenvalue weighted by atomic mass is 10.1. The van der Waals surface area contributed by atoms with Crippen molar-refractivity contribution >= 4 is 16.5 Å². The Morgan fingerprint density at radius 2 is 1.73 bits per heavy atom. The Kier molecular flexibility index (Phi) is 2.88. The first-order chi connectivity index (χ1) is 7.27. The maximum absolute atomic E-state index is 3.45. The summed E-state index contributed by atoms with van der Waals surface area (Å²) in [6.45, 7) is 0.938. The van der Waals surface area contributed by atoms with Crippen LogP contribution in [0.3, 0.4) is 0 Å². The molecular weight excluding hydrogens is 184 g/mol. The SMILES string of the molecule is C[NH+](C)CNc1cccc2ccccc12. The average Bonchev–Trinajstić information content (AvgIpc) is 2.26. The molecule has 0 aliphatic carbocycles. The van der Waals surface area contributed by atoms with Crippen LogP contribution in [0.4, 0.5) is 5.69 Å². The van der Waals surface area contributed by atoms with Gasteiger partial charge in [-0.1, -0.05) is 36.4 Å². The van der Waals surface area contributed by atoms with Gasteiger partial charge in [-0.2, -0.15) is 0 Å². The molecule has 2 aromatic rings. The number of fused-ring (bicyclic) bond motifs is 1. The van der Waals surface area contributed by atoms with Crippen molar-refractivity contribution in [3.63, 3.8) is 0 Å². The van der Waals surface area contributed by atoms with Crippen LogP contribution in [-0.2, 0) is 0 Å². The van der Waals surface area contributed by atoms with E-state index in [0.717, 1.165) is 6.67 Å². The van der Waals surface area contributed by atoms with E-state index >= 15 is 0 Å². The van der Waals surface area contributed by atoms with E-state index < -0.39 is 0 Å². The number of anilines is 1. The van der Waals surface area contributed by atoms with Gasteiger partial charge in [0.1, 0.15) is 6.67 Å². The number of nitrogens with one attached hydrogen (secondary N) is 2. The second-order valence-corrected chi connectivity index (χ2v) is 4.09. The first-order valence-electron chi connectivity index (χ1n) is 5.28. The van der Waals surface area contributed by atoms with E-state index in [-0.39, 0.29) is 0 Å². The van der Waals surface area contributed by atoms with E-state index in [1.165, 1.54) is 21.4 Å². The van der Waals surface area contributed by atoms with Crippen LogP contribution in [0, 0.1) is 0 Å². The highest BCUT2D eigenvalue weighted by Gasteiger charge is 1.99. The minimum absolute atomic E-state index is 0.938. The highest BCUT2D eigenvalue weighted by Crippen LogP contribution is 2.22. The lowest BCUT2D eigenvalue weighted by Gasteiger charge is -2.12. The molecule has 2 rings (SSSR count). The fourth-order valence-corrected chi connectivity index (χ4v) is 1.65. The molecule has 0 saturated heterocycles. The van der Waals surface area contributed by atoms with Crippen molar-refractivity contribution in [1.29, 1.82) is 0 Å². The summed E-state index contributed by atoms with van der Waals surface area (Å²) in [5.74, 6) is 0. The van der Waals surface area contributed by atoms with Crippen molar-refractivity contribution in [3.05, 3.63) is 42.5 Å². The molecule has 78 valence electrons. The largest absolute Gasteiger partial charge is 0.338 e. The maximum Gasteiger partial charge on any atom is 0.150 e. The van der Waals surface area contributed by atoms with Crippen molar-refractivity contribution in [2.45, 2.75) is 0 Å². The normalized spacial score (nSPS) is 10.9. The van der Waals surface area contributed by atoms with Crippen molar-refractivity contribution < 1.29 is 4.90 Å². The van der Waals surface area contributed by atoms with E-state index in [0.29, 0.717) is 0 Å². The predicted molar refractivity (Wildman–Crippen MR) is 65.2 cm³/mol. The fraction of sp³-hybridized carbons (Fsp3) is 0.231. The summed E-state index contributed by atoms with van der Waals surface area (Å²) in [6.07, 6.45) is 0. The molecule has 15 heavy (non-hydrogen) atoms. The first kappa shape index (κ1) is 9.99. The summed E-state index contributed by atoms with van der Waals surface area (Å²) in [4.78, 5) is 1.39. The molecular formula is C13H17N2+. The van der Waals surface area contributed by atoms with Crippen molar-refractivity contribution in [2.75, 3.05) is 26.1 Å². The molecule has 0 aromatic heterocycles. The highest BCUT2D eigenvalue weighted by molar-refractivity contribution is 5.93. The minimum atomic E-state index is 0.938. The molecule has 0 bridgehead atoms. The van der Waals surface area contributed by atoms with Gasteiger partial charge in [0.15, 0.2) is 0 Å². The van der Waals surface area contributed by atoms with E-state index in [2.05, 4.69) is 61.9 Å². The van der Waals surface area contributed by atoms with Gasteiger partial charge in [0.2, 0.25) is 0 Å². The van der Waals surface area contributed by atoms with Gasteiger partial charge in [0.05, 0.1) is 14.1 Å². The van der Waals surface area contributed by atoms with Crippen LogP contribution in [0.25, 0.3) is 10.8 Å². The van der Waals surface area contributed by atoms with Crippen molar-refractivity contribution in [3.8, 4) is 0 Å². The van der Waals surface area contributed by atoms with Crippen LogP contribution in [0.5, 0.6) is 0 Å². The summed E-state index contributed by atoms with van der Waals surface area (Å²) in [5.41, 5.74) is 1.22. The smallest absolute Gasteiger partial charge is 0.150 e. The molecule has 0 aliphatic heterocycles. The molecule has 0 amide bonds. The third-order valence-corrected chi connectivity index (χ3v) is 2.42. The summed E-state index contributed by atoms with van der Waals surface area (Å²) < 4.78 is 0. The molecule has 0 unspecified atom stereocenters. The first-order valence-corrected chi connectivity index (χ1v) is 5.28. The summed E-state index contributed by atoms with van der Waals surface area (Å²) in [5, 5.41) is 6.03. The number of hydrogen-bond acceptors (Lipinski definition) is 1. The molecule has 0 spiro atoms. The van der Waals surface area contributed by atoms with E-state index in [1.807, 2.05) is 0 Å². The van der Waals surface area contributed by atoms with E-state index in [9.17, 15) is 0 Å². The van der Waals surface area contributed by atoms with Crippen LogP contribution < -0.4 is 10.2 Å². The lowest BCUT2D eigenvalue weighted by molar-refractivity contribution is -0.854. The van der Waals surface area contributed by atoms with Gasteiger partial charge < -0.3 is 10.2 Å². The number of rotatable bonds is 3. The Labute approximate surface area is 90.5 Å². The zero-order chi connectivity index (χ0) is 10.7. The summed E-state index contributed by atoms with van der Waals surface area (Å²) in [7, 11) is 4.27. The maximum atomic E-state index is 3.45. The summed E-state index contributed by atoms with van der Waals surface area (Å²) >= 11 is 0. The molecule has 0 atom stereocenters. The minimum Gasteiger partial charge on any atom is -0.338 e. The number of hydrogen-bond donors (Lipinski definition) is 2. The van der Waals surface area contributed by atoms with Gasteiger partial charge in [-0.25, -0.2) is 0 Å². The topological polar surface area (TPSA) is 16.5 Å². The molecule has 0 heterocycles. The molecule has 0 saturated carbocycles. The Hall–Kier alpha value is -1.54. The summed E-state index contributed by atoms with van der Waals surface area (Å²) in [6, 6.07) is 14.8. The molecule has 2 nitrogen and oxygen atoms in total. The lowest BCUT2D eigenvalue weighted by Crippen LogP contribution is -3.06. The monoisotopic (exact) mass is 201 g/mol. The van der Waals surface area contributed by atoms with Crippen molar-refractivity contribution in [2.24, 2.45) is 0 Å². The highest BCUT2D eigenvalue weighted by atomic mass is 15.2. The Morgan fingerprint density at radius 1 is 1.00 bits per heavy atom. The Balaban J connectivity index is 2.34. The van der Waals surface area contributed by atoms with Gasteiger partial charge in [0.25, 0.3) is 0 Å². The van der Waals surface area contributed by atoms with Gasteiger partial charge in [-0.05, 0) is 11.5 Å². The van der Waals surface area contributed by atoms with Gasteiger partial charge in [-0.15, -0.1) is 0 Å². The molecule has 0 aliphatic rings. The third kappa shape index (κ3) is 2.28. The Morgan fingerprint density at radius 3 is 2.53 bits per heavy atom.